The van der Waals surface area contributed by atoms with Crippen LogP contribution in [0.5, 0.6) is 23.0 Å². The molecule has 2 aliphatic rings. The van der Waals surface area contributed by atoms with E-state index in [4.69, 9.17) is 9.47 Å². The number of ketones is 4. The van der Waals surface area contributed by atoms with E-state index in [-0.39, 0.29) is 44.5 Å². The molecule has 12 nitrogen and oxygen atoms in total. The number of aryl methyl sites for hydroxylation is 2. The van der Waals surface area contributed by atoms with Gasteiger partial charge in [-0.05, 0) is 75.2 Å². The third-order valence-corrected chi connectivity index (χ3v) is 9.10. The van der Waals surface area contributed by atoms with Crippen molar-refractivity contribution >= 4 is 35.1 Å². The van der Waals surface area contributed by atoms with Gasteiger partial charge in [-0.1, -0.05) is 0 Å². The highest BCUT2D eigenvalue weighted by Crippen LogP contribution is 2.49. The SMILES string of the molecule is CC(=O)O[C@H](C)c1c(C)cc(O)c2c1C(=O)c1ccc(-c3ccc4c(c3O)C(=O)c3c(O)cc(C)c([C@@H](C)OC(C)=O)c3C4=O)c(O)c1C2=O. The standard InChI is InChI=1S/C38H30O12/c1-13-11-23(41)29-31(25(13)15(3)49-17(5)39)35(45)21-9-7-19(33(43)27(21)37(29)47)20-8-10-22-28(34(20)44)38(48)30-24(42)12-14(2)26(32(30)36(22)46)16(4)50-18(6)40/h7-12,15-16,41-44H,1-6H3/t15-,16-/m1/s1. The maximum atomic E-state index is 14.0. The predicted octanol–water partition coefficient (Wildman–Crippen LogP) is 5.59. The van der Waals surface area contributed by atoms with Crippen molar-refractivity contribution in [2.24, 2.45) is 0 Å². The van der Waals surface area contributed by atoms with Crippen molar-refractivity contribution in [2.75, 3.05) is 0 Å². The predicted molar refractivity (Wildman–Crippen MR) is 175 cm³/mol. The Morgan fingerprint density at radius 1 is 0.520 bits per heavy atom. The van der Waals surface area contributed by atoms with Crippen molar-refractivity contribution < 1.29 is 58.7 Å². The molecule has 2 atom stereocenters. The van der Waals surface area contributed by atoms with Crippen LogP contribution in [0.2, 0.25) is 0 Å². The van der Waals surface area contributed by atoms with Crippen molar-refractivity contribution in [2.45, 2.75) is 53.8 Å². The van der Waals surface area contributed by atoms with Crippen molar-refractivity contribution in [3.05, 3.63) is 103 Å². The zero-order chi connectivity index (χ0) is 36.7. The van der Waals surface area contributed by atoms with Gasteiger partial charge in [-0.2, -0.15) is 0 Å². The molecule has 12 heteroatoms. The van der Waals surface area contributed by atoms with Crippen LogP contribution in [0, 0.1) is 13.8 Å². The second-order valence-electron chi connectivity index (χ2n) is 12.3. The molecule has 50 heavy (non-hydrogen) atoms. The van der Waals surface area contributed by atoms with E-state index in [0.717, 1.165) is 0 Å². The highest BCUT2D eigenvalue weighted by atomic mass is 16.5. The molecule has 6 rings (SSSR count). The topological polar surface area (TPSA) is 202 Å². The number of esters is 2. The third kappa shape index (κ3) is 4.82. The molecule has 4 aromatic carbocycles. The van der Waals surface area contributed by atoms with Crippen molar-refractivity contribution in [1.82, 2.24) is 0 Å². The minimum atomic E-state index is -0.963. The van der Waals surface area contributed by atoms with Crippen LogP contribution >= 0.6 is 0 Å². The summed E-state index contributed by atoms with van der Waals surface area (Å²) in [5, 5.41) is 44.7. The first-order valence-electron chi connectivity index (χ1n) is 15.5. The van der Waals surface area contributed by atoms with E-state index in [1.54, 1.807) is 13.8 Å². The summed E-state index contributed by atoms with van der Waals surface area (Å²) in [6.07, 6.45) is -1.93. The summed E-state index contributed by atoms with van der Waals surface area (Å²) in [5.74, 6) is -7.15. The zero-order valence-corrected chi connectivity index (χ0v) is 27.7. The molecule has 0 aliphatic heterocycles. The van der Waals surface area contributed by atoms with Gasteiger partial charge in [-0.25, -0.2) is 0 Å². The molecule has 0 aromatic heterocycles. The van der Waals surface area contributed by atoms with Crippen LogP contribution in [0.4, 0.5) is 0 Å². The van der Waals surface area contributed by atoms with Crippen LogP contribution < -0.4 is 0 Å². The van der Waals surface area contributed by atoms with Gasteiger partial charge in [0.25, 0.3) is 0 Å². The van der Waals surface area contributed by atoms with E-state index >= 15 is 0 Å². The highest BCUT2D eigenvalue weighted by molar-refractivity contribution is 6.33. The Bertz CT molecular complexity index is 2130. The number of fused-ring (bicyclic) bond motifs is 4. The Morgan fingerprint density at radius 3 is 1.16 bits per heavy atom. The molecule has 0 fully saturated rings. The molecular formula is C38H30O12. The number of ether oxygens (including phenoxy) is 2. The van der Waals surface area contributed by atoms with Crippen molar-refractivity contribution in [3.63, 3.8) is 0 Å². The third-order valence-electron chi connectivity index (χ3n) is 9.10. The first-order chi connectivity index (χ1) is 23.5. The maximum absolute atomic E-state index is 14.0. The Balaban J connectivity index is 1.51. The summed E-state index contributed by atoms with van der Waals surface area (Å²) < 4.78 is 10.6. The van der Waals surface area contributed by atoms with Gasteiger partial charge in [0.2, 0.25) is 11.6 Å². The maximum Gasteiger partial charge on any atom is 0.303 e. The van der Waals surface area contributed by atoms with Crippen molar-refractivity contribution in [1.29, 1.82) is 0 Å². The van der Waals surface area contributed by atoms with Gasteiger partial charge in [-0.15, -0.1) is 0 Å². The number of hydrogen-bond donors (Lipinski definition) is 4. The first-order valence-corrected chi connectivity index (χ1v) is 15.5. The number of hydrogen-bond acceptors (Lipinski definition) is 12. The summed E-state index contributed by atoms with van der Waals surface area (Å²) in [4.78, 5) is 79.2. The van der Waals surface area contributed by atoms with Crippen LogP contribution in [0.25, 0.3) is 11.1 Å². The summed E-state index contributed by atoms with van der Waals surface area (Å²) in [6, 6.07) is 7.47. The molecular weight excluding hydrogens is 648 g/mol. The molecule has 0 unspecified atom stereocenters. The Morgan fingerprint density at radius 2 is 0.840 bits per heavy atom. The molecule has 0 amide bonds. The lowest BCUT2D eigenvalue weighted by Crippen LogP contribution is -2.25. The second-order valence-corrected chi connectivity index (χ2v) is 12.3. The molecule has 0 spiro atoms. The lowest BCUT2D eigenvalue weighted by Gasteiger charge is -2.27. The van der Waals surface area contributed by atoms with Crippen LogP contribution in [-0.2, 0) is 19.1 Å². The Kier molecular flexibility index (Phi) is 7.85. The summed E-state index contributed by atoms with van der Waals surface area (Å²) >= 11 is 0. The second kappa shape index (κ2) is 11.7. The van der Waals surface area contributed by atoms with Crippen molar-refractivity contribution in [3.8, 4) is 34.1 Å². The molecule has 2 aliphatic carbocycles. The van der Waals surface area contributed by atoms with Gasteiger partial charge in [0.1, 0.15) is 35.2 Å². The van der Waals surface area contributed by atoms with E-state index in [1.807, 2.05) is 0 Å². The number of benzene rings is 4. The van der Waals surface area contributed by atoms with Gasteiger partial charge in [0, 0.05) is 58.4 Å². The van der Waals surface area contributed by atoms with Gasteiger partial charge < -0.3 is 29.9 Å². The average Bonchev–Trinajstić information content (AvgIpc) is 3.01. The van der Waals surface area contributed by atoms with E-state index < -0.39 is 92.5 Å². The molecule has 0 heterocycles. The molecule has 0 bridgehead atoms. The fourth-order valence-electron chi connectivity index (χ4n) is 7.20. The Labute approximate surface area is 284 Å². The molecule has 0 radical (unpaired) electrons. The van der Waals surface area contributed by atoms with Crippen LogP contribution in [-0.4, -0.2) is 55.5 Å². The monoisotopic (exact) mass is 678 g/mol. The number of aromatic hydroxyl groups is 4. The van der Waals surface area contributed by atoms with Crippen LogP contribution in [0.15, 0.2) is 36.4 Å². The summed E-state index contributed by atoms with van der Waals surface area (Å²) in [6.45, 7) is 8.56. The van der Waals surface area contributed by atoms with Gasteiger partial charge in [-0.3, -0.25) is 28.8 Å². The fourth-order valence-corrected chi connectivity index (χ4v) is 7.20. The van der Waals surface area contributed by atoms with Gasteiger partial charge in [0.15, 0.2) is 11.6 Å². The lowest BCUT2D eigenvalue weighted by atomic mass is 9.76. The minimum Gasteiger partial charge on any atom is -0.507 e. The minimum absolute atomic E-state index is 0.183. The van der Waals surface area contributed by atoms with E-state index in [1.165, 1.54) is 64.1 Å². The summed E-state index contributed by atoms with van der Waals surface area (Å²) in [5.41, 5.74) is -1.78. The molecule has 4 N–H and O–H groups in total. The average molecular weight is 679 g/mol. The number of carbonyl (C=O) groups is 6. The molecule has 4 aromatic rings. The number of phenolic OH excluding ortho intramolecular Hbond substituents is 4. The van der Waals surface area contributed by atoms with Crippen LogP contribution in [0.1, 0.15) is 126 Å². The van der Waals surface area contributed by atoms with Crippen LogP contribution in [0.3, 0.4) is 0 Å². The largest absolute Gasteiger partial charge is 0.507 e. The highest BCUT2D eigenvalue weighted by Gasteiger charge is 2.41. The van der Waals surface area contributed by atoms with Gasteiger partial charge >= 0.3 is 11.9 Å². The first kappa shape index (κ1) is 33.6. The Hall–Kier alpha value is -6.30. The normalized spacial score (nSPS) is 14.3. The number of carbonyl (C=O) groups excluding carboxylic acids is 6. The zero-order valence-electron chi connectivity index (χ0n) is 27.7. The molecule has 0 saturated heterocycles. The molecule has 0 saturated carbocycles. The lowest BCUT2D eigenvalue weighted by molar-refractivity contribution is -0.146. The number of rotatable bonds is 5. The quantitative estimate of drug-likeness (QED) is 0.165. The van der Waals surface area contributed by atoms with E-state index in [9.17, 15) is 49.2 Å². The molecule has 254 valence electrons. The van der Waals surface area contributed by atoms with E-state index in [0.29, 0.717) is 11.1 Å². The smallest absolute Gasteiger partial charge is 0.303 e. The fraction of sp³-hybridized carbons (Fsp3) is 0.211. The van der Waals surface area contributed by atoms with E-state index in [2.05, 4.69) is 0 Å². The number of phenols is 4. The summed E-state index contributed by atoms with van der Waals surface area (Å²) in [7, 11) is 0. The van der Waals surface area contributed by atoms with Gasteiger partial charge in [0.05, 0.1) is 22.3 Å².